The normalized spacial score (nSPS) is 12.6. The van der Waals surface area contributed by atoms with Gasteiger partial charge in [0.15, 0.2) is 11.5 Å². The molecule has 0 amide bonds. The van der Waals surface area contributed by atoms with Crippen molar-refractivity contribution in [2.45, 2.75) is 11.5 Å². The Kier molecular flexibility index (Phi) is 6.13. The van der Waals surface area contributed by atoms with Crippen LogP contribution >= 0.6 is 0 Å². The molecule has 4 rings (SSSR count). The van der Waals surface area contributed by atoms with Gasteiger partial charge in [0.25, 0.3) is 15.7 Å². The maximum absolute atomic E-state index is 12.9. The highest BCUT2D eigenvalue weighted by atomic mass is 32.2. The number of nitrogens with one attached hydrogen (secondary N) is 1. The summed E-state index contributed by atoms with van der Waals surface area (Å²) in [6.45, 7) is 0.556. The van der Waals surface area contributed by atoms with Crippen molar-refractivity contribution in [3.8, 4) is 11.5 Å². The molecule has 0 unspecified atom stereocenters. The summed E-state index contributed by atoms with van der Waals surface area (Å²) < 4.78 is 44.4. The van der Waals surface area contributed by atoms with Crippen molar-refractivity contribution in [3.05, 3.63) is 88.0 Å². The van der Waals surface area contributed by atoms with Crippen LogP contribution in [0.3, 0.4) is 0 Å². The van der Waals surface area contributed by atoms with E-state index in [9.17, 15) is 23.3 Å². The minimum absolute atomic E-state index is 0.0144. The lowest BCUT2D eigenvalue weighted by atomic mass is 10.2. The second-order valence-corrected chi connectivity index (χ2v) is 8.64. The number of benzene rings is 3. The quantitative estimate of drug-likeness (QED) is 0.315. The van der Waals surface area contributed by atoms with E-state index in [4.69, 9.17) is 14.2 Å². The van der Waals surface area contributed by atoms with Crippen molar-refractivity contribution in [1.29, 1.82) is 0 Å². The molecule has 0 spiro atoms. The van der Waals surface area contributed by atoms with Gasteiger partial charge in [0.05, 0.1) is 21.1 Å². The third-order valence-electron chi connectivity index (χ3n) is 4.73. The zero-order valence-corrected chi connectivity index (χ0v) is 17.9. The van der Waals surface area contributed by atoms with Gasteiger partial charge >= 0.3 is 5.97 Å². The van der Waals surface area contributed by atoms with Gasteiger partial charge in [-0.3, -0.25) is 14.8 Å². The molecule has 0 saturated heterocycles. The van der Waals surface area contributed by atoms with Gasteiger partial charge in [-0.25, -0.2) is 13.2 Å². The summed E-state index contributed by atoms with van der Waals surface area (Å²) in [6, 6.07) is 15.8. The molecule has 0 aromatic heterocycles. The summed E-state index contributed by atoms with van der Waals surface area (Å²) in [5.41, 5.74) is 0.522. The van der Waals surface area contributed by atoms with E-state index in [1.165, 1.54) is 54.6 Å². The van der Waals surface area contributed by atoms with Crippen LogP contribution in [0, 0.1) is 10.1 Å². The van der Waals surface area contributed by atoms with Gasteiger partial charge in [-0.2, -0.15) is 0 Å². The number of anilines is 1. The fraction of sp³-hybridized carbons (Fsp3) is 0.136. The van der Waals surface area contributed by atoms with Crippen LogP contribution in [0.5, 0.6) is 11.5 Å². The maximum Gasteiger partial charge on any atom is 0.340 e. The molecule has 170 valence electrons. The van der Waals surface area contributed by atoms with Gasteiger partial charge in [0.1, 0.15) is 19.8 Å². The standard InChI is InChI=1S/C22H18N2O8S/c25-22(32-14-15-5-7-16(8-6-15)24(26)27)18-3-1-2-4-19(18)23-33(28,29)17-9-10-20-21(13-17)31-12-11-30-20/h1-10,13,23H,11-12,14H2. The van der Waals surface area contributed by atoms with Crippen molar-refractivity contribution >= 4 is 27.4 Å². The Morgan fingerprint density at radius 2 is 1.70 bits per heavy atom. The highest BCUT2D eigenvalue weighted by Gasteiger charge is 2.22. The summed E-state index contributed by atoms with van der Waals surface area (Å²) in [5, 5.41) is 10.7. The van der Waals surface area contributed by atoms with Gasteiger partial charge in [0, 0.05) is 18.2 Å². The second kappa shape index (κ2) is 9.17. The second-order valence-electron chi connectivity index (χ2n) is 6.96. The number of ether oxygens (including phenoxy) is 3. The molecule has 0 radical (unpaired) electrons. The van der Waals surface area contributed by atoms with Crippen LogP contribution in [0.15, 0.2) is 71.6 Å². The zero-order chi connectivity index (χ0) is 23.4. The number of rotatable bonds is 7. The molecule has 33 heavy (non-hydrogen) atoms. The predicted molar refractivity (Wildman–Crippen MR) is 117 cm³/mol. The van der Waals surface area contributed by atoms with Crippen molar-refractivity contribution in [1.82, 2.24) is 0 Å². The molecule has 0 aliphatic carbocycles. The number of sulfonamides is 1. The summed E-state index contributed by atoms with van der Waals surface area (Å²) in [6.07, 6.45) is 0. The SMILES string of the molecule is O=C(OCc1ccc([N+](=O)[O-])cc1)c1ccccc1NS(=O)(=O)c1ccc2c(c1)OCCO2. The highest BCUT2D eigenvalue weighted by molar-refractivity contribution is 7.92. The molecular formula is C22H18N2O8S. The molecule has 0 bridgehead atoms. The number of nitrogens with zero attached hydrogens (tertiary/aromatic N) is 1. The highest BCUT2D eigenvalue weighted by Crippen LogP contribution is 2.33. The average Bonchev–Trinajstić information content (AvgIpc) is 2.82. The zero-order valence-electron chi connectivity index (χ0n) is 17.1. The Morgan fingerprint density at radius 1 is 1.00 bits per heavy atom. The third kappa shape index (κ3) is 5.04. The Morgan fingerprint density at radius 3 is 2.42 bits per heavy atom. The average molecular weight is 470 g/mol. The number of para-hydroxylation sites is 1. The third-order valence-corrected chi connectivity index (χ3v) is 6.10. The Labute approximate surface area is 188 Å². The number of esters is 1. The number of hydrogen-bond donors (Lipinski definition) is 1. The number of nitro benzene ring substituents is 1. The van der Waals surface area contributed by atoms with Gasteiger partial charge in [-0.15, -0.1) is 0 Å². The molecule has 10 nitrogen and oxygen atoms in total. The van der Waals surface area contributed by atoms with E-state index in [2.05, 4.69) is 4.72 Å². The van der Waals surface area contributed by atoms with E-state index in [0.29, 0.717) is 30.3 Å². The lowest BCUT2D eigenvalue weighted by molar-refractivity contribution is -0.384. The Bertz CT molecular complexity index is 1310. The van der Waals surface area contributed by atoms with E-state index in [1.54, 1.807) is 12.1 Å². The number of hydrogen-bond acceptors (Lipinski definition) is 8. The summed E-state index contributed by atoms with van der Waals surface area (Å²) in [4.78, 5) is 22.8. The molecular weight excluding hydrogens is 452 g/mol. The minimum atomic E-state index is -4.04. The van der Waals surface area contributed by atoms with Crippen LogP contribution in [0.4, 0.5) is 11.4 Å². The topological polar surface area (TPSA) is 134 Å². The first kappa shape index (κ1) is 22.1. The first-order valence-electron chi connectivity index (χ1n) is 9.75. The summed E-state index contributed by atoms with van der Waals surface area (Å²) in [7, 11) is -4.04. The lowest BCUT2D eigenvalue weighted by Gasteiger charge is -2.19. The minimum Gasteiger partial charge on any atom is -0.486 e. The largest absolute Gasteiger partial charge is 0.486 e. The Balaban J connectivity index is 1.49. The van der Waals surface area contributed by atoms with Crippen molar-refractivity contribution in [2.75, 3.05) is 17.9 Å². The number of non-ortho nitro benzene ring substituents is 1. The fourth-order valence-corrected chi connectivity index (χ4v) is 4.18. The molecule has 1 N–H and O–H groups in total. The van der Waals surface area contributed by atoms with Gasteiger partial charge in [-0.05, 0) is 42.0 Å². The summed E-state index contributed by atoms with van der Waals surface area (Å²) in [5.74, 6) is 0.0177. The first-order chi connectivity index (χ1) is 15.8. The maximum atomic E-state index is 12.9. The van der Waals surface area contributed by atoms with Crippen LogP contribution in [-0.4, -0.2) is 32.5 Å². The Hall–Kier alpha value is -4.12. The molecule has 1 heterocycles. The molecule has 0 atom stereocenters. The van der Waals surface area contributed by atoms with E-state index >= 15 is 0 Å². The molecule has 3 aromatic rings. The van der Waals surface area contributed by atoms with E-state index < -0.39 is 20.9 Å². The molecule has 1 aliphatic heterocycles. The number of carbonyl (C=O) groups is 1. The van der Waals surface area contributed by atoms with Gasteiger partial charge in [-0.1, -0.05) is 12.1 Å². The van der Waals surface area contributed by atoms with E-state index in [0.717, 1.165) is 0 Å². The first-order valence-corrected chi connectivity index (χ1v) is 11.2. The van der Waals surface area contributed by atoms with Crippen molar-refractivity contribution < 1.29 is 32.3 Å². The summed E-state index contributed by atoms with van der Waals surface area (Å²) >= 11 is 0. The fourth-order valence-electron chi connectivity index (χ4n) is 3.09. The molecule has 1 aliphatic rings. The lowest BCUT2D eigenvalue weighted by Crippen LogP contribution is -2.18. The molecule has 0 saturated carbocycles. The van der Waals surface area contributed by atoms with E-state index in [1.807, 2.05) is 0 Å². The molecule has 0 fully saturated rings. The monoisotopic (exact) mass is 470 g/mol. The number of fused-ring (bicyclic) bond motifs is 1. The van der Waals surface area contributed by atoms with E-state index in [-0.39, 0.29) is 28.4 Å². The van der Waals surface area contributed by atoms with Crippen LogP contribution in [0.2, 0.25) is 0 Å². The smallest absolute Gasteiger partial charge is 0.340 e. The molecule has 3 aromatic carbocycles. The number of nitro groups is 1. The van der Waals surface area contributed by atoms with Crippen molar-refractivity contribution in [3.63, 3.8) is 0 Å². The molecule has 11 heteroatoms. The van der Waals surface area contributed by atoms with Crippen LogP contribution in [-0.2, 0) is 21.4 Å². The van der Waals surface area contributed by atoms with Crippen LogP contribution < -0.4 is 14.2 Å². The van der Waals surface area contributed by atoms with Crippen molar-refractivity contribution in [2.24, 2.45) is 0 Å². The van der Waals surface area contributed by atoms with Gasteiger partial charge < -0.3 is 14.2 Å². The van der Waals surface area contributed by atoms with Gasteiger partial charge in [0.2, 0.25) is 0 Å². The van der Waals surface area contributed by atoms with Crippen LogP contribution in [0.25, 0.3) is 0 Å². The number of carbonyl (C=O) groups excluding carboxylic acids is 1. The predicted octanol–water partition coefficient (Wildman–Crippen LogP) is 3.52. The van der Waals surface area contributed by atoms with Crippen LogP contribution in [0.1, 0.15) is 15.9 Å².